The molecule has 1 aliphatic heterocycles. The third kappa shape index (κ3) is 4.71. The van der Waals surface area contributed by atoms with Gasteiger partial charge in [0.15, 0.2) is 5.11 Å². The zero-order valence-electron chi connectivity index (χ0n) is 21.1. The molecule has 3 aromatic heterocycles. The van der Waals surface area contributed by atoms with E-state index in [1.807, 2.05) is 56.7 Å². The second kappa shape index (κ2) is 10.1. The summed E-state index contributed by atoms with van der Waals surface area (Å²) < 4.78 is 8.23. The predicted octanol–water partition coefficient (Wildman–Crippen LogP) is 5.91. The van der Waals surface area contributed by atoms with Crippen LogP contribution >= 0.6 is 12.2 Å². The number of hydrogen-bond donors (Lipinski definition) is 1. The van der Waals surface area contributed by atoms with Crippen LogP contribution in [0.25, 0.3) is 0 Å². The summed E-state index contributed by atoms with van der Waals surface area (Å²) in [4.78, 5) is 11.1. The lowest BCUT2D eigenvalue weighted by Gasteiger charge is -2.28. The average Bonchev–Trinajstić information content (AvgIpc) is 3.36. The van der Waals surface area contributed by atoms with Crippen LogP contribution in [-0.2, 0) is 6.54 Å². The van der Waals surface area contributed by atoms with Crippen molar-refractivity contribution in [2.75, 3.05) is 4.90 Å². The molecule has 6 nitrogen and oxygen atoms in total. The topological polar surface area (TPSA) is 55.2 Å². The number of aryl methyl sites for hydroxylation is 1. The number of ether oxygens (including phenoxy) is 1. The molecule has 2 atom stereocenters. The van der Waals surface area contributed by atoms with E-state index in [4.69, 9.17) is 17.0 Å². The Kier molecular flexibility index (Phi) is 6.74. The highest BCUT2D eigenvalue weighted by atomic mass is 32.1. The van der Waals surface area contributed by atoms with Crippen molar-refractivity contribution >= 4 is 23.0 Å². The van der Waals surface area contributed by atoms with E-state index >= 15 is 0 Å². The summed E-state index contributed by atoms with van der Waals surface area (Å²) >= 11 is 5.91. The van der Waals surface area contributed by atoms with E-state index in [1.165, 1.54) is 22.5 Å². The number of nitrogens with zero attached hydrogens (tertiary/aromatic N) is 4. The van der Waals surface area contributed by atoms with Gasteiger partial charge in [-0.1, -0.05) is 6.07 Å². The van der Waals surface area contributed by atoms with Crippen molar-refractivity contribution in [1.29, 1.82) is 0 Å². The van der Waals surface area contributed by atoms with Crippen LogP contribution in [0.3, 0.4) is 0 Å². The summed E-state index contributed by atoms with van der Waals surface area (Å²) in [5, 5.41) is 4.25. The number of aromatic nitrogens is 3. The first-order valence-corrected chi connectivity index (χ1v) is 12.7. The van der Waals surface area contributed by atoms with Crippen LogP contribution in [0, 0.1) is 13.8 Å². The molecular weight excluding hydrogens is 466 g/mol. The highest BCUT2D eigenvalue weighted by Gasteiger charge is 2.42. The standard InChI is InChI=1S/C29H31N5OS/c1-19(2)35-24-10-8-23(9-11-24)34-28(27(32-29(34)36)26-7-5-6-14-31-26)25-17-20(3)33(21(25)4)18-22-12-15-30-16-13-22/h5-17,19,27-28H,18H2,1-4H3,(H,32,36)/t27-,28-/m0/s1. The van der Waals surface area contributed by atoms with Crippen molar-refractivity contribution < 1.29 is 4.74 Å². The van der Waals surface area contributed by atoms with Gasteiger partial charge in [0.1, 0.15) is 5.75 Å². The molecule has 5 rings (SSSR count). The normalized spacial score (nSPS) is 17.5. The third-order valence-corrected chi connectivity index (χ3v) is 6.92. The summed E-state index contributed by atoms with van der Waals surface area (Å²) in [5.74, 6) is 0.847. The highest BCUT2D eigenvalue weighted by molar-refractivity contribution is 7.80. The Hall–Kier alpha value is -3.71. The highest BCUT2D eigenvalue weighted by Crippen LogP contribution is 2.43. The van der Waals surface area contributed by atoms with Crippen molar-refractivity contribution in [3.63, 3.8) is 0 Å². The van der Waals surface area contributed by atoms with E-state index in [0.717, 1.165) is 23.7 Å². The number of benzene rings is 1. The molecule has 1 fully saturated rings. The monoisotopic (exact) mass is 497 g/mol. The maximum atomic E-state index is 5.91. The average molecular weight is 498 g/mol. The van der Waals surface area contributed by atoms with Gasteiger partial charge in [0.05, 0.1) is 23.9 Å². The number of rotatable bonds is 7. The van der Waals surface area contributed by atoms with E-state index in [-0.39, 0.29) is 18.2 Å². The smallest absolute Gasteiger partial charge is 0.174 e. The molecule has 36 heavy (non-hydrogen) atoms. The van der Waals surface area contributed by atoms with Crippen LogP contribution in [0.5, 0.6) is 5.75 Å². The summed E-state index contributed by atoms with van der Waals surface area (Å²) in [6.45, 7) is 9.21. The quantitative estimate of drug-likeness (QED) is 0.321. The summed E-state index contributed by atoms with van der Waals surface area (Å²) in [7, 11) is 0. The van der Waals surface area contributed by atoms with Crippen LogP contribution in [0.15, 0.2) is 79.3 Å². The molecule has 4 heterocycles. The van der Waals surface area contributed by atoms with Gasteiger partial charge >= 0.3 is 0 Å². The van der Waals surface area contributed by atoms with Gasteiger partial charge in [-0.25, -0.2) is 0 Å². The molecule has 1 saturated heterocycles. The number of nitrogens with one attached hydrogen (secondary N) is 1. The molecular formula is C29H31N5OS. The molecule has 1 aromatic carbocycles. The van der Waals surface area contributed by atoms with E-state index < -0.39 is 0 Å². The lowest BCUT2D eigenvalue weighted by Crippen LogP contribution is -2.29. The van der Waals surface area contributed by atoms with Gasteiger partial charge in [-0.2, -0.15) is 0 Å². The third-order valence-electron chi connectivity index (χ3n) is 6.61. The maximum Gasteiger partial charge on any atom is 0.174 e. The number of hydrogen-bond acceptors (Lipinski definition) is 4. The van der Waals surface area contributed by atoms with Gasteiger partial charge in [-0.3, -0.25) is 9.97 Å². The van der Waals surface area contributed by atoms with Crippen molar-refractivity contribution in [2.45, 2.75) is 52.4 Å². The second-order valence-corrected chi connectivity index (χ2v) is 9.81. The van der Waals surface area contributed by atoms with Crippen LogP contribution in [0.1, 0.15) is 54.1 Å². The molecule has 0 unspecified atom stereocenters. The molecule has 1 N–H and O–H groups in total. The zero-order valence-corrected chi connectivity index (χ0v) is 21.9. The minimum Gasteiger partial charge on any atom is -0.491 e. The van der Waals surface area contributed by atoms with Gasteiger partial charge in [0.2, 0.25) is 0 Å². The SMILES string of the molecule is Cc1cc([C@H]2[C@H](c3ccccn3)NC(=S)N2c2ccc(OC(C)C)cc2)c(C)n1Cc1ccncc1. The minimum atomic E-state index is -0.0832. The molecule has 0 spiro atoms. The Balaban J connectivity index is 1.57. The Morgan fingerprint density at radius 2 is 1.75 bits per heavy atom. The van der Waals surface area contributed by atoms with Crippen LogP contribution in [-0.4, -0.2) is 25.8 Å². The fourth-order valence-electron chi connectivity index (χ4n) is 4.95. The van der Waals surface area contributed by atoms with E-state index in [0.29, 0.717) is 5.11 Å². The molecule has 0 aliphatic carbocycles. The molecule has 7 heteroatoms. The number of anilines is 1. The largest absolute Gasteiger partial charge is 0.491 e. The first-order chi connectivity index (χ1) is 17.4. The van der Waals surface area contributed by atoms with Gasteiger partial charge in [-0.15, -0.1) is 0 Å². The van der Waals surface area contributed by atoms with Gasteiger partial charge < -0.3 is 19.5 Å². The van der Waals surface area contributed by atoms with Crippen molar-refractivity contribution in [3.8, 4) is 5.75 Å². The fraction of sp³-hybridized carbons (Fsp3) is 0.276. The van der Waals surface area contributed by atoms with E-state index in [1.54, 1.807) is 0 Å². The number of pyridine rings is 2. The Bertz CT molecular complexity index is 1340. The van der Waals surface area contributed by atoms with Gasteiger partial charge in [0, 0.05) is 42.2 Å². The molecule has 4 aromatic rings. The Labute approximate surface area is 218 Å². The lowest BCUT2D eigenvalue weighted by molar-refractivity contribution is 0.242. The minimum absolute atomic E-state index is 0.0540. The summed E-state index contributed by atoms with van der Waals surface area (Å²) in [6, 6.07) is 20.5. The van der Waals surface area contributed by atoms with E-state index in [2.05, 4.69) is 75.0 Å². The molecule has 0 saturated carbocycles. The van der Waals surface area contributed by atoms with Crippen LogP contribution < -0.4 is 15.0 Å². The van der Waals surface area contributed by atoms with Crippen molar-refractivity contribution in [2.24, 2.45) is 0 Å². The molecule has 0 radical (unpaired) electrons. The molecule has 0 amide bonds. The van der Waals surface area contributed by atoms with Gasteiger partial charge in [0.25, 0.3) is 0 Å². The second-order valence-electron chi connectivity index (χ2n) is 9.43. The first-order valence-electron chi connectivity index (χ1n) is 12.3. The zero-order chi connectivity index (χ0) is 25.2. The van der Waals surface area contributed by atoms with Crippen LogP contribution in [0.4, 0.5) is 5.69 Å². The summed E-state index contributed by atoms with van der Waals surface area (Å²) in [6.07, 6.45) is 5.65. The van der Waals surface area contributed by atoms with Crippen molar-refractivity contribution in [3.05, 3.63) is 107 Å². The molecule has 0 bridgehead atoms. The lowest BCUT2D eigenvalue weighted by atomic mass is 9.96. The Morgan fingerprint density at radius 1 is 1.00 bits per heavy atom. The molecule has 184 valence electrons. The maximum absolute atomic E-state index is 5.91. The Morgan fingerprint density at radius 3 is 2.42 bits per heavy atom. The summed E-state index contributed by atoms with van der Waals surface area (Å²) in [5.41, 5.74) is 6.85. The first kappa shape index (κ1) is 24.0. The number of thiocarbonyl (C=S) groups is 1. The van der Waals surface area contributed by atoms with Gasteiger partial charge in [-0.05, 0) is 106 Å². The fourth-order valence-corrected chi connectivity index (χ4v) is 5.29. The predicted molar refractivity (Wildman–Crippen MR) is 147 cm³/mol. The van der Waals surface area contributed by atoms with Crippen LogP contribution in [0.2, 0.25) is 0 Å². The van der Waals surface area contributed by atoms with Crippen molar-refractivity contribution in [1.82, 2.24) is 19.9 Å². The van der Waals surface area contributed by atoms with E-state index in [9.17, 15) is 0 Å². The molecule has 1 aliphatic rings.